The summed E-state index contributed by atoms with van der Waals surface area (Å²) in [6.45, 7) is 0. The van der Waals surface area contributed by atoms with Gasteiger partial charge < -0.3 is 9.90 Å². The molecule has 0 spiro atoms. The van der Waals surface area contributed by atoms with Crippen molar-refractivity contribution in [2.45, 2.75) is 43.0 Å². The molecule has 1 fully saturated rings. The van der Waals surface area contributed by atoms with Gasteiger partial charge >= 0.3 is 6.18 Å². The van der Waals surface area contributed by atoms with Crippen molar-refractivity contribution in [1.82, 2.24) is 9.78 Å². The van der Waals surface area contributed by atoms with E-state index in [4.69, 9.17) is 0 Å². The van der Waals surface area contributed by atoms with E-state index < -0.39 is 28.7 Å². The second-order valence-electron chi connectivity index (χ2n) is 8.23. The van der Waals surface area contributed by atoms with Gasteiger partial charge in [-0.15, -0.1) is 0 Å². The van der Waals surface area contributed by atoms with E-state index in [9.17, 15) is 27.5 Å². The summed E-state index contributed by atoms with van der Waals surface area (Å²) in [4.78, 5) is 11.8. The van der Waals surface area contributed by atoms with Crippen LogP contribution in [0.1, 0.15) is 36.8 Å². The Morgan fingerprint density at radius 2 is 1.77 bits per heavy atom. The number of benzene rings is 2. The topological polar surface area (TPSA) is 55.1 Å². The molecule has 31 heavy (non-hydrogen) atoms. The third-order valence-electron chi connectivity index (χ3n) is 6.53. The zero-order chi connectivity index (χ0) is 22.0. The zero-order valence-electron chi connectivity index (χ0n) is 16.3. The Labute approximate surface area is 175 Å². The first kappa shape index (κ1) is 19.9. The number of aliphatic hydroxyl groups is 1. The van der Waals surface area contributed by atoms with Crippen molar-refractivity contribution in [3.63, 3.8) is 0 Å². The first-order chi connectivity index (χ1) is 14.7. The van der Waals surface area contributed by atoms with Crippen LogP contribution in [-0.4, -0.2) is 27.3 Å². The predicted octanol–water partition coefficient (Wildman–Crippen LogP) is 4.94. The summed E-state index contributed by atoms with van der Waals surface area (Å²) >= 11 is 0. The highest BCUT2D eigenvalue weighted by molar-refractivity contribution is 5.92. The van der Waals surface area contributed by atoms with Crippen molar-refractivity contribution in [1.29, 1.82) is 0 Å². The van der Waals surface area contributed by atoms with E-state index in [1.54, 1.807) is 12.3 Å². The minimum Gasteiger partial charge on any atom is -0.372 e. The highest BCUT2D eigenvalue weighted by Gasteiger charge is 2.61. The summed E-state index contributed by atoms with van der Waals surface area (Å²) in [5.74, 6) is -0.900. The van der Waals surface area contributed by atoms with Crippen LogP contribution in [0.2, 0.25) is 0 Å². The summed E-state index contributed by atoms with van der Waals surface area (Å²) in [6.07, 6.45) is 1.78. The number of rotatable bonds is 3. The van der Waals surface area contributed by atoms with Crippen molar-refractivity contribution in [2.24, 2.45) is 0 Å². The van der Waals surface area contributed by atoms with Crippen LogP contribution in [0.5, 0.6) is 0 Å². The van der Waals surface area contributed by atoms with Crippen LogP contribution in [0.3, 0.4) is 0 Å². The molecule has 1 saturated carbocycles. The molecule has 0 amide bonds. The van der Waals surface area contributed by atoms with Crippen LogP contribution >= 0.6 is 0 Å². The summed E-state index contributed by atoms with van der Waals surface area (Å²) < 4.78 is 58.2. The van der Waals surface area contributed by atoms with Crippen LogP contribution in [0.4, 0.5) is 17.6 Å². The van der Waals surface area contributed by atoms with Crippen molar-refractivity contribution in [3.05, 3.63) is 65.7 Å². The number of aldehydes is 1. The van der Waals surface area contributed by atoms with Crippen molar-refractivity contribution in [3.8, 4) is 22.3 Å². The number of aromatic nitrogens is 2. The number of carbonyl (C=O) groups excluding carboxylic acids is 1. The number of hydrogen-bond acceptors (Lipinski definition) is 3. The van der Waals surface area contributed by atoms with E-state index in [1.165, 1.54) is 29.1 Å². The lowest BCUT2D eigenvalue weighted by Crippen LogP contribution is -2.41. The molecule has 3 aromatic rings. The Kier molecular flexibility index (Phi) is 4.18. The maximum Gasteiger partial charge on any atom is 0.425 e. The third kappa shape index (κ3) is 2.64. The van der Waals surface area contributed by atoms with Gasteiger partial charge in [-0.05, 0) is 41.7 Å². The maximum atomic E-state index is 14.6. The van der Waals surface area contributed by atoms with Gasteiger partial charge in [0.25, 0.3) is 0 Å². The lowest BCUT2D eigenvalue weighted by molar-refractivity contribution is -0.246. The molecule has 0 bridgehead atoms. The molecule has 1 aromatic heterocycles. The van der Waals surface area contributed by atoms with Crippen LogP contribution < -0.4 is 0 Å². The minimum absolute atomic E-state index is 0.114. The molecule has 1 N–H and O–H groups in total. The molecule has 2 aliphatic rings. The summed E-state index contributed by atoms with van der Waals surface area (Å²) in [5, 5.41) is 15.1. The minimum atomic E-state index is -5.05. The number of nitrogens with zero attached hydrogens (tertiary/aromatic N) is 2. The number of halogens is 4. The summed E-state index contributed by atoms with van der Waals surface area (Å²) in [6, 6.07) is 7.54. The van der Waals surface area contributed by atoms with Gasteiger partial charge in [0.1, 0.15) is 17.6 Å². The largest absolute Gasteiger partial charge is 0.425 e. The fourth-order valence-electron chi connectivity index (χ4n) is 4.97. The Hall–Kier alpha value is -3.00. The second-order valence-corrected chi connectivity index (χ2v) is 8.23. The van der Waals surface area contributed by atoms with Crippen molar-refractivity contribution < 1.29 is 27.5 Å². The molecular formula is C23H18F4N2O2. The molecule has 1 unspecified atom stereocenters. The van der Waals surface area contributed by atoms with Crippen molar-refractivity contribution >= 4 is 6.29 Å². The molecule has 1 heterocycles. The van der Waals surface area contributed by atoms with Gasteiger partial charge in [-0.3, -0.25) is 4.68 Å². The van der Waals surface area contributed by atoms with E-state index in [0.29, 0.717) is 18.4 Å². The zero-order valence-corrected chi connectivity index (χ0v) is 16.3. The average Bonchev–Trinajstić information content (AvgIpc) is 3.46. The van der Waals surface area contributed by atoms with Gasteiger partial charge in [0.05, 0.1) is 6.20 Å². The summed E-state index contributed by atoms with van der Waals surface area (Å²) in [7, 11) is 0. The van der Waals surface area contributed by atoms with Crippen LogP contribution in [0.25, 0.3) is 22.3 Å². The standard InChI is InChI=1S/C23H18F4N2O2/c24-15-9-17(14-11-28-29(12-14)21(13-30)7-3-4-8-21)20-16-5-1-2-6-18(16)22(31,19(20)10-15)23(25,26)27/h1-2,5-6,9-13,31H,3-4,7-8H2. The van der Waals surface area contributed by atoms with Crippen LogP contribution in [0.15, 0.2) is 48.8 Å². The summed E-state index contributed by atoms with van der Waals surface area (Å²) in [5.41, 5.74) is -4.13. The molecule has 5 rings (SSSR count). The van der Waals surface area contributed by atoms with E-state index in [1.807, 2.05) is 0 Å². The molecule has 160 valence electrons. The molecule has 0 aliphatic heterocycles. The van der Waals surface area contributed by atoms with Gasteiger partial charge in [0.2, 0.25) is 5.60 Å². The molecule has 1 atom stereocenters. The Morgan fingerprint density at radius 1 is 1.06 bits per heavy atom. The van der Waals surface area contributed by atoms with Crippen LogP contribution in [0, 0.1) is 5.82 Å². The van der Waals surface area contributed by atoms with E-state index in [2.05, 4.69) is 5.10 Å². The molecule has 2 aliphatic carbocycles. The fraction of sp³-hybridized carbons (Fsp3) is 0.304. The quantitative estimate of drug-likeness (QED) is 0.473. The van der Waals surface area contributed by atoms with Crippen molar-refractivity contribution in [2.75, 3.05) is 0 Å². The molecule has 4 nitrogen and oxygen atoms in total. The Bertz CT molecular complexity index is 1190. The van der Waals surface area contributed by atoms with Gasteiger partial charge in [0.15, 0.2) is 0 Å². The Balaban J connectivity index is 1.75. The predicted molar refractivity (Wildman–Crippen MR) is 105 cm³/mol. The third-order valence-corrected chi connectivity index (χ3v) is 6.53. The highest BCUT2D eigenvalue weighted by Crippen LogP contribution is 2.57. The number of alkyl halides is 3. The van der Waals surface area contributed by atoms with Gasteiger partial charge in [0, 0.05) is 22.9 Å². The normalized spacial score (nSPS) is 21.7. The second kappa shape index (κ2) is 6.50. The van der Waals surface area contributed by atoms with E-state index in [-0.39, 0.29) is 22.3 Å². The Morgan fingerprint density at radius 3 is 2.45 bits per heavy atom. The molecule has 2 aromatic carbocycles. The van der Waals surface area contributed by atoms with Gasteiger partial charge in [-0.2, -0.15) is 18.3 Å². The molecular weight excluding hydrogens is 412 g/mol. The first-order valence-corrected chi connectivity index (χ1v) is 9.96. The SMILES string of the molecule is O=CC1(n2cc(-c3cc(F)cc4c3-c3ccccc3C4(O)C(F)(F)F)cn2)CCCC1. The number of fused-ring (bicyclic) bond motifs is 3. The number of hydrogen-bond donors (Lipinski definition) is 1. The number of carbonyl (C=O) groups is 1. The molecule has 0 saturated heterocycles. The monoisotopic (exact) mass is 430 g/mol. The van der Waals surface area contributed by atoms with Crippen LogP contribution in [-0.2, 0) is 15.9 Å². The smallest absolute Gasteiger partial charge is 0.372 e. The van der Waals surface area contributed by atoms with Gasteiger partial charge in [-0.1, -0.05) is 37.1 Å². The van der Waals surface area contributed by atoms with E-state index in [0.717, 1.165) is 31.3 Å². The maximum absolute atomic E-state index is 14.6. The fourth-order valence-corrected chi connectivity index (χ4v) is 4.97. The lowest BCUT2D eigenvalue weighted by atomic mass is 9.89. The molecule has 0 radical (unpaired) electrons. The first-order valence-electron chi connectivity index (χ1n) is 9.96. The average molecular weight is 430 g/mol. The molecule has 8 heteroatoms. The van der Waals surface area contributed by atoms with E-state index >= 15 is 0 Å². The van der Waals surface area contributed by atoms with Gasteiger partial charge in [-0.25, -0.2) is 4.39 Å². The lowest BCUT2D eigenvalue weighted by Gasteiger charge is -2.28. The highest BCUT2D eigenvalue weighted by atomic mass is 19.4.